The minimum absolute atomic E-state index is 0.0326. The van der Waals surface area contributed by atoms with Crippen molar-refractivity contribution in [1.82, 2.24) is 16.1 Å². The van der Waals surface area contributed by atoms with Crippen LogP contribution in [0.25, 0.3) is 0 Å². The van der Waals surface area contributed by atoms with E-state index in [2.05, 4.69) is 10.6 Å². The van der Waals surface area contributed by atoms with Crippen LogP contribution in [0.1, 0.15) is 32.8 Å². The van der Waals surface area contributed by atoms with Crippen LogP contribution in [0.15, 0.2) is 24.3 Å². The minimum atomic E-state index is -2.11. The monoisotopic (exact) mass is 473 g/mol. The van der Waals surface area contributed by atoms with E-state index >= 15 is 0 Å². The highest BCUT2D eigenvalue weighted by Gasteiger charge is 2.46. The molecule has 1 rings (SSSR count). The van der Waals surface area contributed by atoms with Crippen LogP contribution in [0.3, 0.4) is 0 Å². The molecule has 174 valence electrons. The van der Waals surface area contributed by atoms with E-state index in [1.807, 2.05) is 6.26 Å². The molecular weight excluding hydrogens is 442 g/mol. The van der Waals surface area contributed by atoms with Gasteiger partial charge in [-0.05, 0) is 36.3 Å². The lowest BCUT2D eigenvalue weighted by atomic mass is 9.80. The summed E-state index contributed by atoms with van der Waals surface area (Å²) in [6.45, 7) is 5.36. The van der Waals surface area contributed by atoms with Gasteiger partial charge in [0.25, 0.3) is 5.91 Å². The molecule has 0 radical (unpaired) electrons. The number of halogens is 1. The summed E-state index contributed by atoms with van der Waals surface area (Å²) in [6, 6.07) is 5.89. The average Bonchev–Trinajstić information content (AvgIpc) is 2.72. The second-order valence-electron chi connectivity index (χ2n) is 7.86. The second-order valence-corrected chi connectivity index (χ2v) is 9.28. The Hall–Kier alpha value is -1.81. The Kier molecular flexibility index (Phi) is 11.3. The topological polar surface area (TPSA) is 128 Å². The van der Waals surface area contributed by atoms with Gasteiger partial charge in [-0.15, -0.1) is 0 Å². The lowest BCUT2D eigenvalue weighted by molar-refractivity contribution is -0.159. The Balaban J connectivity index is 3.14. The van der Waals surface area contributed by atoms with Gasteiger partial charge in [0.2, 0.25) is 11.8 Å². The van der Waals surface area contributed by atoms with Crippen LogP contribution < -0.4 is 16.1 Å². The van der Waals surface area contributed by atoms with Crippen molar-refractivity contribution in [2.24, 2.45) is 11.8 Å². The van der Waals surface area contributed by atoms with Crippen molar-refractivity contribution < 1.29 is 24.7 Å². The van der Waals surface area contributed by atoms with Gasteiger partial charge in [-0.2, -0.15) is 11.8 Å². The van der Waals surface area contributed by atoms with Gasteiger partial charge in [0.15, 0.2) is 5.60 Å². The molecule has 10 heteroatoms. The maximum atomic E-state index is 13.1. The molecular formula is C21H32ClN3O5S. The summed E-state index contributed by atoms with van der Waals surface area (Å²) in [5.74, 6) is -2.81. The van der Waals surface area contributed by atoms with Crippen molar-refractivity contribution in [1.29, 1.82) is 0 Å². The normalized spacial score (nSPS) is 15.0. The van der Waals surface area contributed by atoms with Crippen molar-refractivity contribution in [2.45, 2.75) is 45.3 Å². The van der Waals surface area contributed by atoms with Gasteiger partial charge in [0.05, 0.1) is 5.92 Å². The van der Waals surface area contributed by atoms with Gasteiger partial charge < -0.3 is 15.7 Å². The first-order valence-electron chi connectivity index (χ1n) is 10.0. The number of rotatable bonds is 12. The largest absolute Gasteiger partial charge is 0.379 e. The van der Waals surface area contributed by atoms with Crippen molar-refractivity contribution in [3.63, 3.8) is 0 Å². The van der Waals surface area contributed by atoms with E-state index in [-0.39, 0.29) is 18.8 Å². The third kappa shape index (κ3) is 8.33. The van der Waals surface area contributed by atoms with Gasteiger partial charge in [-0.3, -0.25) is 19.6 Å². The zero-order valence-corrected chi connectivity index (χ0v) is 19.8. The van der Waals surface area contributed by atoms with Crippen molar-refractivity contribution in [3.8, 4) is 0 Å². The van der Waals surface area contributed by atoms with Gasteiger partial charge in [-0.25, -0.2) is 5.48 Å². The summed E-state index contributed by atoms with van der Waals surface area (Å²) in [4.78, 5) is 37.9. The van der Waals surface area contributed by atoms with Crippen LogP contribution >= 0.6 is 23.4 Å². The van der Waals surface area contributed by atoms with E-state index < -0.39 is 35.3 Å². The standard InChI is InChI=1S/C21H32ClN3O5S/c1-13(2)12-21(29,14(3)18(26)25-30)20(28)24-17(19(27)23-9-10-31-4)11-15-5-7-16(22)8-6-15/h5-8,13-14,17,29-30H,9-12H2,1-4H3,(H,23,27)(H,24,28)(H,25,26)/t14?,17-,21-/m0/s1. The number of amides is 3. The number of hydrogen-bond acceptors (Lipinski definition) is 6. The van der Waals surface area contributed by atoms with Crippen LogP contribution in [-0.4, -0.2) is 58.2 Å². The molecule has 0 aliphatic rings. The zero-order chi connectivity index (χ0) is 23.6. The molecule has 0 aliphatic carbocycles. The van der Waals surface area contributed by atoms with E-state index in [9.17, 15) is 19.5 Å². The Labute approximate surface area is 192 Å². The summed E-state index contributed by atoms with van der Waals surface area (Å²) in [5.41, 5.74) is 0.136. The molecule has 0 bridgehead atoms. The van der Waals surface area contributed by atoms with E-state index in [0.29, 0.717) is 17.3 Å². The molecule has 3 atom stereocenters. The quantitative estimate of drug-likeness (QED) is 0.179. The fraction of sp³-hybridized carbons (Fsp3) is 0.571. The summed E-state index contributed by atoms with van der Waals surface area (Å²) in [7, 11) is 0. The Bertz CT molecular complexity index is 747. The lowest BCUT2D eigenvalue weighted by Gasteiger charge is -2.34. The van der Waals surface area contributed by atoms with Gasteiger partial charge in [0, 0.05) is 23.7 Å². The van der Waals surface area contributed by atoms with Crippen LogP contribution in [0.4, 0.5) is 0 Å². The van der Waals surface area contributed by atoms with Gasteiger partial charge in [0.1, 0.15) is 6.04 Å². The molecule has 1 aromatic rings. The number of carbonyl (C=O) groups excluding carboxylic acids is 3. The number of aliphatic hydroxyl groups is 1. The summed E-state index contributed by atoms with van der Waals surface area (Å²) in [5, 5.41) is 26.0. The van der Waals surface area contributed by atoms with E-state index in [4.69, 9.17) is 16.8 Å². The molecule has 3 amide bonds. The lowest BCUT2D eigenvalue weighted by Crippen LogP contribution is -2.60. The van der Waals surface area contributed by atoms with Crippen LogP contribution in [0.5, 0.6) is 0 Å². The zero-order valence-electron chi connectivity index (χ0n) is 18.3. The van der Waals surface area contributed by atoms with Crippen LogP contribution in [-0.2, 0) is 20.8 Å². The van der Waals surface area contributed by atoms with E-state index in [1.54, 1.807) is 49.9 Å². The highest BCUT2D eigenvalue weighted by Crippen LogP contribution is 2.27. The third-order valence-corrected chi connectivity index (χ3v) is 5.78. The second kappa shape index (κ2) is 12.9. The van der Waals surface area contributed by atoms with Gasteiger partial charge in [-0.1, -0.05) is 44.5 Å². The SMILES string of the molecule is CSCCNC(=O)[C@H](Cc1ccc(Cl)cc1)NC(=O)[C@](O)(CC(C)C)C(C)C(=O)NO. The predicted molar refractivity (Wildman–Crippen MR) is 122 cm³/mol. The first-order chi connectivity index (χ1) is 14.5. The highest BCUT2D eigenvalue weighted by molar-refractivity contribution is 7.98. The number of hydroxylamine groups is 1. The number of nitrogens with one attached hydrogen (secondary N) is 3. The first-order valence-corrected chi connectivity index (χ1v) is 11.8. The van der Waals surface area contributed by atoms with E-state index in [1.165, 1.54) is 12.4 Å². The van der Waals surface area contributed by atoms with Crippen LogP contribution in [0.2, 0.25) is 5.02 Å². The molecule has 1 aromatic carbocycles. The maximum Gasteiger partial charge on any atom is 0.253 e. The van der Waals surface area contributed by atoms with Crippen LogP contribution in [0, 0.1) is 11.8 Å². The molecule has 0 spiro atoms. The van der Waals surface area contributed by atoms with Crippen molar-refractivity contribution in [3.05, 3.63) is 34.9 Å². The molecule has 0 saturated carbocycles. The summed E-state index contributed by atoms with van der Waals surface area (Å²) >= 11 is 7.49. The summed E-state index contributed by atoms with van der Waals surface area (Å²) in [6.07, 6.45) is 2.06. The number of hydrogen-bond donors (Lipinski definition) is 5. The summed E-state index contributed by atoms with van der Waals surface area (Å²) < 4.78 is 0. The minimum Gasteiger partial charge on any atom is -0.379 e. The molecule has 0 heterocycles. The molecule has 0 aromatic heterocycles. The Morgan fingerprint density at radius 1 is 1.13 bits per heavy atom. The smallest absolute Gasteiger partial charge is 0.253 e. The molecule has 31 heavy (non-hydrogen) atoms. The molecule has 1 unspecified atom stereocenters. The molecule has 0 fully saturated rings. The molecule has 5 N–H and O–H groups in total. The number of carbonyl (C=O) groups is 3. The molecule has 0 saturated heterocycles. The molecule has 8 nitrogen and oxygen atoms in total. The highest BCUT2D eigenvalue weighted by atomic mass is 35.5. The first kappa shape index (κ1) is 27.2. The maximum absolute atomic E-state index is 13.1. The third-order valence-electron chi connectivity index (χ3n) is 4.91. The number of benzene rings is 1. The number of thioether (sulfide) groups is 1. The Morgan fingerprint density at radius 3 is 2.26 bits per heavy atom. The Morgan fingerprint density at radius 2 is 1.74 bits per heavy atom. The van der Waals surface area contributed by atoms with Crippen molar-refractivity contribution in [2.75, 3.05) is 18.6 Å². The fourth-order valence-corrected chi connectivity index (χ4v) is 3.58. The molecule has 0 aliphatic heterocycles. The average molecular weight is 474 g/mol. The van der Waals surface area contributed by atoms with Gasteiger partial charge >= 0.3 is 0 Å². The van der Waals surface area contributed by atoms with E-state index in [0.717, 1.165) is 5.56 Å². The fourth-order valence-electron chi connectivity index (χ4n) is 3.15. The van der Waals surface area contributed by atoms with Crippen molar-refractivity contribution >= 4 is 41.1 Å². The predicted octanol–water partition coefficient (Wildman–Crippen LogP) is 1.77.